The lowest BCUT2D eigenvalue weighted by atomic mass is 9.80. The molecular formula is C24H30N2O4. The van der Waals surface area contributed by atoms with E-state index in [2.05, 4.69) is 10.6 Å². The first kappa shape index (κ1) is 23.1. The second-order valence-corrected chi connectivity index (χ2v) is 8.37. The first-order valence-corrected chi connectivity index (χ1v) is 9.89. The molecule has 0 spiro atoms. The van der Waals surface area contributed by atoms with Gasteiger partial charge >= 0.3 is 5.97 Å². The minimum atomic E-state index is -1.19. The normalized spacial score (nSPS) is 12.6. The predicted molar refractivity (Wildman–Crippen MR) is 116 cm³/mol. The summed E-state index contributed by atoms with van der Waals surface area (Å²) in [5, 5.41) is 5.73. The van der Waals surface area contributed by atoms with Crippen molar-refractivity contribution in [3.05, 3.63) is 71.8 Å². The molecule has 0 fully saturated rings. The highest BCUT2D eigenvalue weighted by molar-refractivity contribution is 5.99. The number of methoxy groups -OCH3 is 1. The Morgan fingerprint density at radius 3 is 1.97 bits per heavy atom. The van der Waals surface area contributed by atoms with E-state index in [0.29, 0.717) is 12.0 Å². The van der Waals surface area contributed by atoms with Crippen molar-refractivity contribution >= 4 is 17.8 Å². The van der Waals surface area contributed by atoms with E-state index in [4.69, 9.17) is 4.74 Å². The molecule has 30 heavy (non-hydrogen) atoms. The Morgan fingerprint density at radius 1 is 0.900 bits per heavy atom. The summed E-state index contributed by atoms with van der Waals surface area (Å²) in [5.41, 5.74) is -0.714. The molecule has 2 N–H and O–H groups in total. The molecule has 2 rings (SSSR count). The van der Waals surface area contributed by atoms with Gasteiger partial charge in [0.1, 0.15) is 5.54 Å². The third-order valence-electron chi connectivity index (χ3n) is 5.20. The third kappa shape index (κ3) is 5.69. The Labute approximate surface area is 178 Å². The number of rotatable bonds is 8. The predicted octanol–water partition coefficient (Wildman–Crippen LogP) is 3.12. The molecule has 0 aliphatic carbocycles. The molecule has 0 saturated heterocycles. The van der Waals surface area contributed by atoms with Crippen LogP contribution in [0.25, 0.3) is 0 Å². The minimum Gasteiger partial charge on any atom is -0.469 e. The standard InChI is InChI=1S/C24H30N2O4/c1-23(2,22(29)30-5)19(16-17-12-8-6-9-13-17)25-21(28)24(3,4)26-20(27)18-14-10-7-11-15-18/h6-15,19H,16H2,1-5H3,(H,25,28)(H,26,27). The van der Waals surface area contributed by atoms with Crippen LogP contribution in [0.4, 0.5) is 0 Å². The van der Waals surface area contributed by atoms with E-state index in [1.807, 2.05) is 36.4 Å². The van der Waals surface area contributed by atoms with Gasteiger partial charge in [0.2, 0.25) is 5.91 Å². The molecule has 2 amide bonds. The van der Waals surface area contributed by atoms with E-state index >= 15 is 0 Å². The van der Waals surface area contributed by atoms with Crippen molar-refractivity contribution in [3.8, 4) is 0 Å². The zero-order valence-corrected chi connectivity index (χ0v) is 18.2. The van der Waals surface area contributed by atoms with E-state index < -0.39 is 23.0 Å². The summed E-state index contributed by atoms with van der Waals surface area (Å²) in [6.07, 6.45) is 0.442. The summed E-state index contributed by atoms with van der Waals surface area (Å²) in [7, 11) is 1.33. The number of carbonyl (C=O) groups excluding carboxylic acids is 3. The van der Waals surface area contributed by atoms with E-state index in [1.54, 1.807) is 52.0 Å². The number of hydrogen-bond donors (Lipinski definition) is 2. The number of amides is 2. The number of esters is 1. The first-order chi connectivity index (χ1) is 14.1. The summed E-state index contributed by atoms with van der Waals surface area (Å²) < 4.78 is 4.96. The monoisotopic (exact) mass is 410 g/mol. The number of ether oxygens (including phenoxy) is 1. The molecule has 2 aromatic rings. The highest BCUT2D eigenvalue weighted by Crippen LogP contribution is 2.26. The summed E-state index contributed by atoms with van der Waals surface area (Å²) in [6, 6.07) is 17.8. The van der Waals surface area contributed by atoms with Crippen LogP contribution in [0.3, 0.4) is 0 Å². The molecule has 0 heterocycles. The first-order valence-electron chi connectivity index (χ1n) is 9.89. The minimum absolute atomic E-state index is 0.345. The van der Waals surface area contributed by atoms with E-state index in [0.717, 1.165) is 5.56 Å². The Hall–Kier alpha value is -3.15. The molecular weight excluding hydrogens is 380 g/mol. The Kier molecular flexibility index (Phi) is 7.38. The topological polar surface area (TPSA) is 84.5 Å². The van der Waals surface area contributed by atoms with Crippen molar-refractivity contribution in [2.75, 3.05) is 7.11 Å². The molecule has 6 heteroatoms. The fraction of sp³-hybridized carbons (Fsp3) is 0.375. The summed E-state index contributed by atoms with van der Waals surface area (Å²) >= 11 is 0. The van der Waals surface area contributed by atoms with Gasteiger partial charge in [0.15, 0.2) is 0 Å². The Morgan fingerprint density at radius 2 is 1.43 bits per heavy atom. The van der Waals surface area contributed by atoms with Crippen molar-refractivity contribution in [2.45, 2.75) is 45.7 Å². The van der Waals surface area contributed by atoms with Crippen molar-refractivity contribution in [1.82, 2.24) is 10.6 Å². The maximum absolute atomic E-state index is 13.1. The lowest BCUT2D eigenvalue weighted by Crippen LogP contribution is -2.60. The van der Waals surface area contributed by atoms with Gasteiger partial charge in [-0.05, 0) is 51.8 Å². The second-order valence-electron chi connectivity index (χ2n) is 8.37. The van der Waals surface area contributed by atoms with Crippen LogP contribution >= 0.6 is 0 Å². The lowest BCUT2D eigenvalue weighted by Gasteiger charge is -2.35. The molecule has 1 atom stereocenters. The van der Waals surface area contributed by atoms with E-state index in [-0.39, 0.29) is 11.8 Å². The molecule has 0 bridgehead atoms. The molecule has 0 aliphatic heterocycles. The average Bonchev–Trinajstić information content (AvgIpc) is 2.73. The van der Waals surface area contributed by atoms with Gasteiger partial charge in [0.25, 0.3) is 5.91 Å². The molecule has 0 radical (unpaired) electrons. The molecule has 0 aromatic heterocycles. The maximum atomic E-state index is 13.1. The van der Waals surface area contributed by atoms with E-state index in [9.17, 15) is 14.4 Å². The Bertz CT molecular complexity index is 877. The zero-order valence-electron chi connectivity index (χ0n) is 18.2. The SMILES string of the molecule is COC(=O)C(C)(C)C(Cc1ccccc1)NC(=O)C(C)(C)NC(=O)c1ccccc1. The lowest BCUT2D eigenvalue weighted by molar-refractivity contribution is -0.153. The van der Waals surface area contributed by atoms with Crippen molar-refractivity contribution in [1.29, 1.82) is 0 Å². The molecule has 0 saturated carbocycles. The number of benzene rings is 2. The van der Waals surface area contributed by atoms with Crippen LogP contribution in [0.5, 0.6) is 0 Å². The Balaban J connectivity index is 2.21. The third-order valence-corrected chi connectivity index (χ3v) is 5.20. The van der Waals surface area contributed by atoms with Gasteiger partial charge in [0.05, 0.1) is 12.5 Å². The smallest absolute Gasteiger partial charge is 0.313 e. The number of nitrogens with one attached hydrogen (secondary N) is 2. The quantitative estimate of drug-likeness (QED) is 0.655. The number of carbonyl (C=O) groups is 3. The summed E-state index contributed by atoms with van der Waals surface area (Å²) in [5.74, 6) is -1.15. The molecule has 6 nitrogen and oxygen atoms in total. The van der Waals surface area contributed by atoms with Crippen molar-refractivity contribution in [3.63, 3.8) is 0 Å². The highest BCUT2D eigenvalue weighted by atomic mass is 16.5. The van der Waals surface area contributed by atoms with Crippen LogP contribution in [0.2, 0.25) is 0 Å². The van der Waals surface area contributed by atoms with Gasteiger partial charge < -0.3 is 15.4 Å². The van der Waals surface area contributed by atoms with Crippen LogP contribution in [0.1, 0.15) is 43.6 Å². The van der Waals surface area contributed by atoms with Crippen LogP contribution in [0.15, 0.2) is 60.7 Å². The van der Waals surface area contributed by atoms with Crippen molar-refractivity contribution < 1.29 is 19.1 Å². The van der Waals surface area contributed by atoms with Crippen LogP contribution in [-0.2, 0) is 20.7 Å². The summed E-state index contributed by atoms with van der Waals surface area (Å²) in [6.45, 7) is 6.74. The molecule has 1 unspecified atom stereocenters. The number of hydrogen-bond acceptors (Lipinski definition) is 4. The summed E-state index contributed by atoms with van der Waals surface area (Å²) in [4.78, 5) is 38.1. The maximum Gasteiger partial charge on any atom is 0.313 e. The van der Waals surface area contributed by atoms with E-state index in [1.165, 1.54) is 7.11 Å². The van der Waals surface area contributed by atoms with Gasteiger partial charge in [-0.3, -0.25) is 14.4 Å². The van der Waals surface area contributed by atoms with Gasteiger partial charge in [-0.25, -0.2) is 0 Å². The van der Waals surface area contributed by atoms with Crippen LogP contribution < -0.4 is 10.6 Å². The van der Waals surface area contributed by atoms with Crippen LogP contribution in [0, 0.1) is 5.41 Å². The van der Waals surface area contributed by atoms with Gasteiger partial charge in [-0.1, -0.05) is 48.5 Å². The largest absolute Gasteiger partial charge is 0.469 e. The fourth-order valence-corrected chi connectivity index (χ4v) is 3.08. The molecule has 2 aromatic carbocycles. The zero-order chi connectivity index (χ0) is 22.4. The van der Waals surface area contributed by atoms with Gasteiger partial charge in [-0.2, -0.15) is 0 Å². The highest BCUT2D eigenvalue weighted by Gasteiger charge is 2.41. The van der Waals surface area contributed by atoms with Gasteiger partial charge in [0, 0.05) is 11.6 Å². The average molecular weight is 411 g/mol. The van der Waals surface area contributed by atoms with Crippen molar-refractivity contribution in [2.24, 2.45) is 5.41 Å². The van der Waals surface area contributed by atoms with Crippen LogP contribution in [-0.4, -0.2) is 36.5 Å². The van der Waals surface area contributed by atoms with Gasteiger partial charge in [-0.15, -0.1) is 0 Å². The second kappa shape index (κ2) is 9.57. The molecule has 160 valence electrons. The fourth-order valence-electron chi connectivity index (χ4n) is 3.08. The molecule has 0 aliphatic rings.